The molecule has 16 nitrogen and oxygen atoms in total. The third-order valence-corrected chi connectivity index (χ3v) is 6.54. The highest BCUT2D eigenvalue weighted by Crippen LogP contribution is 2.12. The first-order chi connectivity index (χ1) is 22.5. The largest absolute Gasteiger partial charge is 0.369 e. The number of nitrogens with two attached hydrogens (primary N) is 2. The lowest BCUT2D eigenvalue weighted by atomic mass is 10.2. The molecular weight excluding hydrogens is 691 g/mol. The molecule has 5 heterocycles. The van der Waals surface area contributed by atoms with E-state index in [0.717, 1.165) is 70.7 Å². The molecule has 19 heteroatoms. The molecule has 0 atom stereocenters. The molecule has 0 saturated carbocycles. The summed E-state index contributed by atoms with van der Waals surface area (Å²) in [5.41, 5.74) is 25.8. The van der Waals surface area contributed by atoms with Crippen LogP contribution in [0.25, 0.3) is 32.5 Å². The SMILES string of the molecule is C#CCCc1cnc(N)[nH]1.Cl.Cl.Cl.Nc1ncc(CCc2cn(Cc3nc4ccccc4[nH]3)nn2)[nH]1.[N-]=[N+]=NCc1nc2ccccc2[nH]1. The van der Waals surface area contributed by atoms with Crippen LogP contribution in [0.3, 0.4) is 0 Å². The average Bonchev–Trinajstić information content (AvgIpc) is 3.90. The first-order valence-corrected chi connectivity index (χ1v) is 14.3. The Balaban J connectivity index is 0.000000274. The van der Waals surface area contributed by atoms with Crippen molar-refractivity contribution < 1.29 is 0 Å². The molecule has 0 aliphatic heterocycles. The third kappa shape index (κ3) is 11.8. The smallest absolute Gasteiger partial charge is 0.197 e. The number of terminal acetylenes is 1. The molecule has 0 unspecified atom stereocenters. The average molecular weight is 726 g/mol. The lowest BCUT2D eigenvalue weighted by molar-refractivity contribution is 0.630. The topological polar surface area (TPSA) is 246 Å². The van der Waals surface area contributed by atoms with Crippen molar-refractivity contribution in [2.75, 3.05) is 11.5 Å². The van der Waals surface area contributed by atoms with E-state index in [1.165, 1.54) is 0 Å². The monoisotopic (exact) mass is 724 g/mol. The number of fused-ring (bicyclic) bond motifs is 2. The minimum absolute atomic E-state index is 0. The van der Waals surface area contributed by atoms with Crippen molar-refractivity contribution in [3.63, 3.8) is 0 Å². The predicted octanol–water partition coefficient (Wildman–Crippen LogP) is 5.49. The molecule has 2 aromatic carbocycles. The molecule has 256 valence electrons. The van der Waals surface area contributed by atoms with Crippen LogP contribution >= 0.6 is 37.2 Å². The standard InChI is InChI=1S/C15H16N8.C8H7N5.C7H9N3.3ClH/c16-15-17-7-10(18-15)5-6-11-8-23(22-21-11)9-14-19-12-3-1-2-4-13(12)20-14;9-13-10-5-8-11-6-3-1-2-4-7(6)12-8;1-2-3-4-6-5-9-7(8)10-6;;;/h1-4,7-8H,5-6,9H2,(H,19,20)(H3,16,17,18);1-4H,5H2,(H,11,12);1,5H,3-4H2,(H3,8,9,10);3*1H. The summed E-state index contributed by atoms with van der Waals surface area (Å²) < 4.78 is 1.79. The lowest BCUT2D eigenvalue weighted by Gasteiger charge is -1.95. The number of H-pyrrole nitrogens is 4. The van der Waals surface area contributed by atoms with Gasteiger partial charge in [0.05, 0.1) is 46.7 Å². The van der Waals surface area contributed by atoms with E-state index in [2.05, 4.69) is 66.1 Å². The van der Waals surface area contributed by atoms with Gasteiger partial charge in [-0.2, -0.15) is 0 Å². The maximum absolute atomic E-state index is 8.12. The van der Waals surface area contributed by atoms with E-state index in [1.54, 1.807) is 17.1 Å². The molecule has 0 aliphatic rings. The summed E-state index contributed by atoms with van der Waals surface area (Å²) in [6.45, 7) is 0.837. The van der Waals surface area contributed by atoms with Crippen LogP contribution in [-0.2, 0) is 32.4 Å². The molecule has 0 radical (unpaired) electrons. The molecular formula is C30H35Cl3N16. The van der Waals surface area contributed by atoms with Gasteiger partial charge >= 0.3 is 0 Å². The number of nitrogens with one attached hydrogen (secondary N) is 4. The highest BCUT2D eigenvalue weighted by Gasteiger charge is 2.07. The van der Waals surface area contributed by atoms with Gasteiger partial charge in [0.1, 0.15) is 18.2 Å². The highest BCUT2D eigenvalue weighted by atomic mass is 35.5. The number of rotatable bonds is 9. The summed E-state index contributed by atoms with van der Waals surface area (Å²) in [4.78, 5) is 31.5. The van der Waals surface area contributed by atoms with Crippen molar-refractivity contribution in [1.29, 1.82) is 0 Å². The molecule has 7 aromatic rings. The number of hydrogen-bond donors (Lipinski definition) is 6. The fraction of sp³-hybridized carbons (Fsp3) is 0.200. The molecule has 0 aliphatic carbocycles. The van der Waals surface area contributed by atoms with E-state index in [0.29, 0.717) is 24.3 Å². The fourth-order valence-corrected chi connectivity index (χ4v) is 4.42. The van der Waals surface area contributed by atoms with E-state index >= 15 is 0 Å². The highest BCUT2D eigenvalue weighted by molar-refractivity contribution is 5.86. The molecule has 0 bridgehead atoms. The zero-order chi connectivity index (χ0) is 32.1. The summed E-state index contributed by atoms with van der Waals surface area (Å²) in [6, 6.07) is 15.6. The van der Waals surface area contributed by atoms with Gasteiger partial charge < -0.3 is 31.4 Å². The van der Waals surface area contributed by atoms with Crippen LogP contribution < -0.4 is 11.5 Å². The minimum Gasteiger partial charge on any atom is -0.369 e. The Labute approximate surface area is 299 Å². The zero-order valence-electron chi connectivity index (χ0n) is 26.0. The van der Waals surface area contributed by atoms with Crippen molar-refractivity contribution >= 4 is 71.2 Å². The Bertz CT molecular complexity index is 2030. The van der Waals surface area contributed by atoms with Gasteiger partial charge in [-0.25, -0.2) is 24.6 Å². The van der Waals surface area contributed by atoms with Crippen molar-refractivity contribution in [2.24, 2.45) is 5.11 Å². The van der Waals surface area contributed by atoms with E-state index in [4.69, 9.17) is 23.4 Å². The zero-order valence-corrected chi connectivity index (χ0v) is 28.5. The summed E-state index contributed by atoms with van der Waals surface area (Å²) in [7, 11) is 0. The van der Waals surface area contributed by atoms with E-state index in [1.807, 2.05) is 54.7 Å². The number of benzene rings is 2. The van der Waals surface area contributed by atoms with Gasteiger partial charge in [0, 0.05) is 35.3 Å². The quantitative estimate of drug-likeness (QED) is 0.0479. The molecule has 0 spiro atoms. The van der Waals surface area contributed by atoms with Crippen LogP contribution in [0, 0.1) is 12.3 Å². The molecule has 0 amide bonds. The van der Waals surface area contributed by atoms with E-state index < -0.39 is 0 Å². The van der Waals surface area contributed by atoms with Gasteiger partial charge in [-0.3, -0.25) is 0 Å². The van der Waals surface area contributed by atoms with Gasteiger partial charge in [0.25, 0.3) is 0 Å². The number of aromatic amines is 4. The minimum atomic E-state index is 0. The van der Waals surface area contributed by atoms with Crippen LogP contribution in [0.2, 0.25) is 0 Å². The molecule has 7 rings (SSSR count). The van der Waals surface area contributed by atoms with Crippen molar-refractivity contribution in [3.8, 4) is 12.3 Å². The van der Waals surface area contributed by atoms with Gasteiger partial charge in [-0.1, -0.05) is 34.6 Å². The molecule has 0 fully saturated rings. The Morgan fingerprint density at radius 2 is 1.37 bits per heavy atom. The molecule has 0 saturated heterocycles. The van der Waals surface area contributed by atoms with Gasteiger partial charge in [-0.15, -0.1) is 54.7 Å². The second-order valence-corrected chi connectivity index (χ2v) is 9.99. The number of imidazole rings is 4. The Morgan fingerprint density at radius 1 is 0.796 bits per heavy atom. The van der Waals surface area contributed by atoms with Crippen LogP contribution in [0.1, 0.15) is 35.2 Å². The number of anilines is 2. The second kappa shape index (κ2) is 19.8. The van der Waals surface area contributed by atoms with E-state index in [-0.39, 0.29) is 43.8 Å². The number of hydrogen-bond acceptors (Lipinski definition) is 9. The number of para-hydroxylation sites is 4. The first-order valence-electron chi connectivity index (χ1n) is 14.3. The molecule has 49 heavy (non-hydrogen) atoms. The van der Waals surface area contributed by atoms with Crippen LogP contribution in [-0.4, -0.2) is 54.9 Å². The van der Waals surface area contributed by atoms with Crippen molar-refractivity contribution in [3.05, 3.63) is 106 Å². The van der Waals surface area contributed by atoms with Gasteiger partial charge in [0.2, 0.25) is 0 Å². The number of aromatic nitrogens is 11. The van der Waals surface area contributed by atoms with Gasteiger partial charge in [-0.05, 0) is 42.6 Å². The summed E-state index contributed by atoms with van der Waals surface area (Å²) in [5, 5.41) is 11.8. The number of aryl methyl sites for hydroxylation is 3. The Hall–Kier alpha value is -5.72. The lowest BCUT2D eigenvalue weighted by Crippen LogP contribution is -2.02. The summed E-state index contributed by atoms with van der Waals surface area (Å²) >= 11 is 0. The first kappa shape index (κ1) is 39.5. The summed E-state index contributed by atoms with van der Waals surface area (Å²) in [6.07, 6.45) is 13.6. The molecule has 8 N–H and O–H groups in total. The Morgan fingerprint density at radius 3 is 1.92 bits per heavy atom. The van der Waals surface area contributed by atoms with Crippen molar-refractivity contribution in [2.45, 2.75) is 38.8 Å². The summed E-state index contributed by atoms with van der Waals surface area (Å²) in [5.74, 6) is 4.98. The van der Waals surface area contributed by atoms with Gasteiger partial charge in [0.15, 0.2) is 11.9 Å². The fourth-order valence-electron chi connectivity index (χ4n) is 4.42. The third-order valence-electron chi connectivity index (χ3n) is 6.54. The van der Waals surface area contributed by atoms with Crippen molar-refractivity contribution in [1.82, 2.24) is 54.9 Å². The second-order valence-electron chi connectivity index (χ2n) is 9.99. The van der Waals surface area contributed by atoms with Crippen LogP contribution in [0.15, 0.2) is 72.2 Å². The van der Waals surface area contributed by atoms with E-state index in [9.17, 15) is 0 Å². The number of nitrogens with zero attached hydrogens (tertiary/aromatic N) is 10. The normalized spacial score (nSPS) is 9.78. The number of nitrogen functional groups attached to an aromatic ring is 2. The molecule has 5 aromatic heterocycles. The maximum atomic E-state index is 8.12. The number of azide groups is 1. The van der Waals surface area contributed by atoms with Crippen LogP contribution in [0.5, 0.6) is 0 Å². The predicted molar refractivity (Wildman–Crippen MR) is 196 cm³/mol. The van der Waals surface area contributed by atoms with Crippen LogP contribution in [0.4, 0.5) is 11.9 Å². The number of halogens is 3. The maximum Gasteiger partial charge on any atom is 0.197 e. The Kier molecular flexibility index (Phi) is 16.0.